The van der Waals surface area contributed by atoms with Crippen LogP contribution < -0.4 is 16.6 Å². The Labute approximate surface area is 95.6 Å². The van der Waals surface area contributed by atoms with Crippen LogP contribution in [0.4, 0.5) is 0 Å². The second-order valence-corrected chi connectivity index (χ2v) is 4.56. The van der Waals surface area contributed by atoms with Crippen LogP contribution in [0.3, 0.4) is 0 Å². The highest BCUT2D eigenvalue weighted by atomic mass is 35.5. The van der Waals surface area contributed by atoms with E-state index < -0.39 is 11.8 Å². The lowest BCUT2D eigenvalue weighted by atomic mass is 10.3. The molecule has 1 heterocycles. The van der Waals surface area contributed by atoms with Crippen molar-refractivity contribution < 1.29 is 9.59 Å². The first kappa shape index (κ1) is 12.0. The van der Waals surface area contributed by atoms with E-state index in [4.69, 9.17) is 17.4 Å². The molecule has 1 atom stereocenters. The van der Waals surface area contributed by atoms with E-state index in [1.807, 2.05) is 0 Å². The van der Waals surface area contributed by atoms with Crippen LogP contribution in [0.25, 0.3) is 0 Å². The van der Waals surface area contributed by atoms with Gasteiger partial charge in [0.15, 0.2) is 0 Å². The van der Waals surface area contributed by atoms with Gasteiger partial charge in [-0.1, -0.05) is 11.6 Å². The zero-order valence-corrected chi connectivity index (χ0v) is 9.48. The van der Waals surface area contributed by atoms with Crippen LogP contribution in [-0.4, -0.2) is 11.8 Å². The summed E-state index contributed by atoms with van der Waals surface area (Å²) in [5, 5.41) is 2.48. The minimum absolute atomic E-state index is 0.271. The average molecular weight is 248 g/mol. The van der Waals surface area contributed by atoms with Crippen molar-refractivity contribution in [3.05, 3.63) is 21.3 Å². The summed E-state index contributed by atoms with van der Waals surface area (Å²) in [5.74, 6) is 3.17. The topological polar surface area (TPSA) is 84.2 Å². The minimum Gasteiger partial charge on any atom is -0.340 e. The molecule has 0 spiro atoms. The number of halogens is 1. The fourth-order valence-electron chi connectivity index (χ4n) is 0.960. The van der Waals surface area contributed by atoms with Crippen molar-refractivity contribution in [1.82, 2.24) is 10.7 Å². The minimum atomic E-state index is -0.871. The molecule has 2 amide bonds. The van der Waals surface area contributed by atoms with Crippen molar-refractivity contribution in [2.75, 3.05) is 0 Å². The molecule has 1 rings (SSSR count). The normalized spacial score (nSPS) is 11.9. The average Bonchev–Trinajstić information content (AvgIpc) is 2.63. The Balaban J connectivity index is 2.60. The third-order valence-corrected chi connectivity index (χ3v) is 3.12. The van der Waals surface area contributed by atoms with Crippen molar-refractivity contribution in [3.63, 3.8) is 0 Å². The Morgan fingerprint density at radius 3 is 2.60 bits per heavy atom. The molecule has 5 nitrogen and oxygen atoms in total. The van der Waals surface area contributed by atoms with Gasteiger partial charge in [-0.15, -0.1) is 11.3 Å². The van der Waals surface area contributed by atoms with Gasteiger partial charge in [-0.2, -0.15) is 0 Å². The number of amides is 2. The molecule has 0 aliphatic heterocycles. The van der Waals surface area contributed by atoms with Crippen LogP contribution in [-0.2, 0) is 9.59 Å². The maximum atomic E-state index is 11.1. The van der Waals surface area contributed by atoms with Crippen molar-refractivity contribution in [2.24, 2.45) is 5.84 Å². The van der Waals surface area contributed by atoms with Crippen molar-refractivity contribution >= 4 is 34.8 Å². The summed E-state index contributed by atoms with van der Waals surface area (Å²) in [4.78, 5) is 22.8. The summed E-state index contributed by atoms with van der Waals surface area (Å²) in [5.41, 5.74) is 1.75. The lowest BCUT2D eigenvalue weighted by Gasteiger charge is -2.10. The molecule has 0 saturated heterocycles. The SMILES string of the molecule is CC(NC(=O)C(=O)NN)c1ccc(Cl)s1. The third kappa shape index (κ3) is 3.19. The number of carbonyl (C=O) groups excluding carboxylic acids is 2. The van der Waals surface area contributed by atoms with Gasteiger partial charge in [0, 0.05) is 4.88 Å². The number of hydrogen-bond acceptors (Lipinski definition) is 4. The van der Waals surface area contributed by atoms with Crippen LogP contribution in [0.15, 0.2) is 12.1 Å². The second-order valence-electron chi connectivity index (χ2n) is 2.81. The molecule has 1 unspecified atom stereocenters. The largest absolute Gasteiger partial charge is 0.340 e. The maximum Gasteiger partial charge on any atom is 0.323 e. The summed E-state index contributed by atoms with van der Waals surface area (Å²) in [7, 11) is 0. The molecule has 82 valence electrons. The van der Waals surface area contributed by atoms with Crippen molar-refractivity contribution in [1.29, 1.82) is 0 Å². The predicted octanol–water partition coefficient (Wildman–Crippen LogP) is 0.569. The van der Waals surface area contributed by atoms with Gasteiger partial charge in [-0.3, -0.25) is 15.0 Å². The van der Waals surface area contributed by atoms with Gasteiger partial charge in [0.05, 0.1) is 10.4 Å². The highest BCUT2D eigenvalue weighted by Crippen LogP contribution is 2.26. The molecule has 0 aliphatic carbocycles. The molecular weight excluding hydrogens is 238 g/mol. The monoisotopic (exact) mass is 247 g/mol. The van der Waals surface area contributed by atoms with Crippen molar-refractivity contribution in [2.45, 2.75) is 13.0 Å². The summed E-state index contributed by atoms with van der Waals surface area (Å²) < 4.78 is 0.634. The fraction of sp³-hybridized carbons (Fsp3) is 0.250. The second kappa shape index (κ2) is 5.11. The first-order chi connectivity index (χ1) is 7.04. The Morgan fingerprint density at radius 1 is 1.47 bits per heavy atom. The Bertz CT molecular complexity index is 380. The van der Waals surface area contributed by atoms with E-state index in [1.165, 1.54) is 11.3 Å². The summed E-state index contributed by atoms with van der Waals surface area (Å²) in [6.07, 6.45) is 0. The molecule has 0 fully saturated rings. The highest BCUT2D eigenvalue weighted by molar-refractivity contribution is 7.16. The highest BCUT2D eigenvalue weighted by Gasteiger charge is 2.16. The molecule has 15 heavy (non-hydrogen) atoms. The van der Waals surface area contributed by atoms with Gasteiger partial charge in [-0.05, 0) is 19.1 Å². The van der Waals surface area contributed by atoms with Gasteiger partial charge < -0.3 is 5.32 Å². The number of carbonyl (C=O) groups is 2. The number of nitrogens with one attached hydrogen (secondary N) is 2. The Morgan fingerprint density at radius 2 is 2.13 bits per heavy atom. The lowest BCUT2D eigenvalue weighted by molar-refractivity contribution is -0.139. The van der Waals surface area contributed by atoms with Crippen LogP contribution in [0.1, 0.15) is 17.8 Å². The van der Waals surface area contributed by atoms with Gasteiger partial charge in [-0.25, -0.2) is 5.84 Å². The molecular formula is C8H10ClN3O2S. The van der Waals surface area contributed by atoms with Gasteiger partial charge in [0.25, 0.3) is 0 Å². The molecule has 0 radical (unpaired) electrons. The zero-order chi connectivity index (χ0) is 11.4. The smallest absolute Gasteiger partial charge is 0.323 e. The molecule has 0 aromatic carbocycles. The number of hydrazine groups is 1. The fourth-order valence-corrected chi connectivity index (χ4v) is 2.02. The van der Waals surface area contributed by atoms with E-state index in [1.54, 1.807) is 24.5 Å². The molecule has 0 aliphatic rings. The molecule has 7 heteroatoms. The van der Waals surface area contributed by atoms with E-state index in [9.17, 15) is 9.59 Å². The van der Waals surface area contributed by atoms with E-state index in [2.05, 4.69) is 5.32 Å². The lowest BCUT2D eigenvalue weighted by Crippen LogP contribution is -2.43. The summed E-state index contributed by atoms with van der Waals surface area (Å²) >= 11 is 7.08. The standard InChI is InChI=1S/C8H10ClN3O2S/c1-4(5-2-3-6(9)15-5)11-7(13)8(14)12-10/h2-4H,10H2,1H3,(H,11,13)(H,12,14). The van der Waals surface area contributed by atoms with E-state index >= 15 is 0 Å². The molecule has 1 aromatic rings. The van der Waals surface area contributed by atoms with Crippen LogP contribution in [0.2, 0.25) is 4.34 Å². The third-order valence-electron chi connectivity index (χ3n) is 1.71. The maximum absolute atomic E-state index is 11.1. The first-order valence-electron chi connectivity index (χ1n) is 4.11. The number of thiophene rings is 1. The predicted molar refractivity (Wildman–Crippen MR) is 58.2 cm³/mol. The summed E-state index contributed by atoms with van der Waals surface area (Å²) in [6, 6.07) is 3.25. The molecule has 0 saturated carbocycles. The van der Waals surface area contributed by atoms with E-state index in [-0.39, 0.29) is 6.04 Å². The van der Waals surface area contributed by atoms with Crippen LogP contribution in [0, 0.1) is 0 Å². The number of nitrogens with two attached hydrogens (primary N) is 1. The first-order valence-corrected chi connectivity index (χ1v) is 5.30. The molecule has 0 bridgehead atoms. The van der Waals surface area contributed by atoms with Gasteiger partial charge >= 0.3 is 11.8 Å². The van der Waals surface area contributed by atoms with Gasteiger partial charge in [0.2, 0.25) is 0 Å². The Hall–Kier alpha value is -1.11. The van der Waals surface area contributed by atoms with Crippen molar-refractivity contribution in [3.8, 4) is 0 Å². The van der Waals surface area contributed by atoms with Gasteiger partial charge in [0.1, 0.15) is 0 Å². The molecule has 1 aromatic heterocycles. The van der Waals surface area contributed by atoms with E-state index in [0.717, 1.165) is 4.88 Å². The van der Waals surface area contributed by atoms with Crippen LogP contribution in [0.5, 0.6) is 0 Å². The summed E-state index contributed by atoms with van der Waals surface area (Å²) in [6.45, 7) is 1.75. The molecule has 4 N–H and O–H groups in total. The number of rotatable bonds is 2. The quantitative estimate of drug-likeness (QED) is 0.309. The van der Waals surface area contributed by atoms with E-state index in [0.29, 0.717) is 4.34 Å². The zero-order valence-electron chi connectivity index (χ0n) is 7.91. The van der Waals surface area contributed by atoms with Crippen LogP contribution >= 0.6 is 22.9 Å². The Kier molecular flexibility index (Phi) is 4.07. The number of hydrogen-bond donors (Lipinski definition) is 3.